The highest BCUT2D eigenvalue weighted by Gasteiger charge is 2.31. The highest BCUT2D eigenvalue weighted by molar-refractivity contribution is 7.89. The van der Waals surface area contributed by atoms with Crippen molar-refractivity contribution in [2.75, 3.05) is 33.3 Å². The van der Waals surface area contributed by atoms with Crippen LogP contribution in [0.15, 0.2) is 41.3 Å². The molecule has 1 aliphatic rings. The average molecular weight is 389 g/mol. The Balaban J connectivity index is 1.73. The Labute approximate surface area is 162 Å². The summed E-state index contributed by atoms with van der Waals surface area (Å²) in [6.45, 7) is 9.14. The molecule has 0 radical (unpaired) electrons. The van der Waals surface area contributed by atoms with Crippen molar-refractivity contribution >= 4 is 10.0 Å². The molecule has 0 bridgehead atoms. The molecule has 0 unspecified atom stereocenters. The molecule has 1 fully saturated rings. The van der Waals surface area contributed by atoms with Crippen molar-refractivity contribution in [2.24, 2.45) is 0 Å². The molecule has 0 N–H and O–H groups in total. The normalized spacial score (nSPS) is 16.4. The molecule has 1 aliphatic heterocycles. The minimum atomic E-state index is -3.50. The van der Waals surface area contributed by atoms with Crippen LogP contribution in [0.1, 0.15) is 22.3 Å². The molecule has 1 heterocycles. The number of hydrogen-bond acceptors (Lipinski definition) is 4. The molecule has 0 spiro atoms. The topological polar surface area (TPSA) is 49.9 Å². The van der Waals surface area contributed by atoms with Gasteiger partial charge in [-0.25, -0.2) is 8.42 Å². The Morgan fingerprint density at radius 2 is 1.52 bits per heavy atom. The summed E-state index contributed by atoms with van der Waals surface area (Å²) in [7, 11) is -1.91. The number of ether oxygens (including phenoxy) is 1. The van der Waals surface area contributed by atoms with Crippen LogP contribution in [0.5, 0.6) is 5.75 Å². The van der Waals surface area contributed by atoms with Gasteiger partial charge in [-0.2, -0.15) is 4.31 Å². The minimum Gasteiger partial charge on any atom is -0.497 e. The number of sulfonamides is 1. The molecule has 2 aromatic carbocycles. The summed E-state index contributed by atoms with van der Waals surface area (Å²) in [5, 5.41) is 0. The first-order valence-corrected chi connectivity index (χ1v) is 10.7. The van der Waals surface area contributed by atoms with Crippen LogP contribution >= 0.6 is 0 Å². The monoisotopic (exact) mass is 388 g/mol. The number of rotatable bonds is 5. The fourth-order valence-corrected chi connectivity index (χ4v) is 5.55. The summed E-state index contributed by atoms with van der Waals surface area (Å²) < 4.78 is 33.3. The second-order valence-electron chi connectivity index (χ2n) is 7.20. The van der Waals surface area contributed by atoms with Crippen LogP contribution in [-0.4, -0.2) is 50.9 Å². The first-order valence-electron chi connectivity index (χ1n) is 9.25. The molecule has 1 saturated heterocycles. The summed E-state index contributed by atoms with van der Waals surface area (Å²) in [5.41, 5.74) is 4.04. The Morgan fingerprint density at radius 1 is 0.926 bits per heavy atom. The van der Waals surface area contributed by atoms with E-state index in [2.05, 4.69) is 30.0 Å². The molecule has 0 saturated carbocycles. The third-order valence-electron chi connectivity index (χ3n) is 5.25. The highest BCUT2D eigenvalue weighted by atomic mass is 32.2. The quantitative estimate of drug-likeness (QED) is 0.790. The van der Waals surface area contributed by atoms with E-state index < -0.39 is 10.0 Å². The van der Waals surface area contributed by atoms with Crippen molar-refractivity contribution in [1.82, 2.24) is 9.21 Å². The second kappa shape index (κ2) is 8.00. The van der Waals surface area contributed by atoms with E-state index in [1.807, 2.05) is 19.9 Å². The van der Waals surface area contributed by atoms with Crippen LogP contribution in [0.3, 0.4) is 0 Å². The van der Waals surface area contributed by atoms with E-state index in [1.54, 1.807) is 23.5 Å². The van der Waals surface area contributed by atoms with E-state index in [9.17, 15) is 8.42 Å². The lowest BCUT2D eigenvalue weighted by Gasteiger charge is -2.34. The van der Waals surface area contributed by atoms with Gasteiger partial charge in [-0.15, -0.1) is 0 Å². The van der Waals surface area contributed by atoms with E-state index >= 15 is 0 Å². The molecule has 0 aliphatic carbocycles. The van der Waals surface area contributed by atoms with Gasteiger partial charge in [0.15, 0.2) is 0 Å². The average Bonchev–Trinajstić information content (AvgIpc) is 2.63. The lowest BCUT2D eigenvalue weighted by molar-refractivity contribution is 0.181. The third-order valence-corrected chi connectivity index (χ3v) is 7.46. The van der Waals surface area contributed by atoms with E-state index in [0.717, 1.165) is 30.8 Å². The van der Waals surface area contributed by atoms with E-state index in [4.69, 9.17) is 4.74 Å². The molecular formula is C21H28N2O3S. The standard InChI is InChI=1S/C21H28N2O3S/c1-16-7-5-6-8-19(16)15-22-9-11-23(12-10-22)27(24,25)21-17(2)13-20(26-4)14-18(21)3/h5-8,13-14H,9-12,15H2,1-4H3. The van der Waals surface area contributed by atoms with Gasteiger partial charge in [0, 0.05) is 32.7 Å². The van der Waals surface area contributed by atoms with Gasteiger partial charge < -0.3 is 4.74 Å². The predicted molar refractivity (Wildman–Crippen MR) is 108 cm³/mol. The molecular weight excluding hydrogens is 360 g/mol. The second-order valence-corrected chi connectivity index (χ2v) is 9.07. The van der Waals surface area contributed by atoms with Crippen LogP contribution < -0.4 is 4.74 Å². The van der Waals surface area contributed by atoms with Crippen LogP contribution in [0.4, 0.5) is 0 Å². The zero-order valence-electron chi connectivity index (χ0n) is 16.5. The van der Waals surface area contributed by atoms with Gasteiger partial charge >= 0.3 is 0 Å². The molecule has 0 atom stereocenters. The fraction of sp³-hybridized carbons (Fsp3) is 0.429. The van der Waals surface area contributed by atoms with Gasteiger partial charge in [-0.05, 0) is 55.2 Å². The number of piperazine rings is 1. The first kappa shape index (κ1) is 19.9. The molecule has 5 nitrogen and oxygen atoms in total. The van der Waals surface area contributed by atoms with Crippen LogP contribution in [0.2, 0.25) is 0 Å². The number of aryl methyl sites for hydroxylation is 3. The molecule has 3 rings (SSSR count). The van der Waals surface area contributed by atoms with Crippen molar-refractivity contribution in [3.05, 3.63) is 58.7 Å². The lowest BCUT2D eigenvalue weighted by Crippen LogP contribution is -2.48. The molecule has 0 aromatic heterocycles. The van der Waals surface area contributed by atoms with Crippen molar-refractivity contribution in [2.45, 2.75) is 32.2 Å². The van der Waals surface area contributed by atoms with Crippen LogP contribution in [0, 0.1) is 20.8 Å². The van der Waals surface area contributed by atoms with Crippen molar-refractivity contribution in [3.63, 3.8) is 0 Å². The Morgan fingerprint density at radius 3 is 2.07 bits per heavy atom. The smallest absolute Gasteiger partial charge is 0.243 e. The lowest BCUT2D eigenvalue weighted by atomic mass is 10.1. The zero-order chi connectivity index (χ0) is 19.6. The van der Waals surface area contributed by atoms with Crippen molar-refractivity contribution in [3.8, 4) is 5.75 Å². The van der Waals surface area contributed by atoms with Crippen molar-refractivity contribution in [1.29, 1.82) is 0 Å². The Hall–Kier alpha value is -1.89. The fourth-order valence-electron chi connectivity index (χ4n) is 3.72. The van der Waals surface area contributed by atoms with Gasteiger partial charge in [-0.3, -0.25) is 4.90 Å². The minimum absolute atomic E-state index is 0.413. The van der Waals surface area contributed by atoms with Gasteiger partial charge in [0.1, 0.15) is 5.75 Å². The number of nitrogens with zero attached hydrogens (tertiary/aromatic N) is 2. The molecule has 2 aromatic rings. The van der Waals surface area contributed by atoms with E-state index in [1.165, 1.54) is 11.1 Å². The van der Waals surface area contributed by atoms with E-state index in [0.29, 0.717) is 23.7 Å². The first-order chi connectivity index (χ1) is 12.8. The Kier molecular flexibility index (Phi) is 5.89. The largest absolute Gasteiger partial charge is 0.497 e. The third kappa shape index (κ3) is 4.18. The maximum atomic E-state index is 13.2. The summed E-state index contributed by atoms with van der Waals surface area (Å²) in [6.07, 6.45) is 0. The predicted octanol–water partition coefficient (Wildman–Crippen LogP) is 3.13. The van der Waals surface area contributed by atoms with Gasteiger partial charge in [0.25, 0.3) is 0 Å². The van der Waals surface area contributed by atoms with Crippen molar-refractivity contribution < 1.29 is 13.2 Å². The molecule has 0 amide bonds. The Bertz CT molecular complexity index is 894. The van der Waals surface area contributed by atoms with Crippen LogP contribution in [0.25, 0.3) is 0 Å². The summed E-state index contributed by atoms with van der Waals surface area (Å²) >= 11 is 0. The number of benzene rings is 2. The summed E-state index contributed by atoms with van der Waals surface area (Å²) in [4.78, 5) is 2.73. The summed E-state index contributed by atoms with van der Waals surface area (Å²) in [5.74, 6) is 0.687. The van der Waals surface area contributed by atoms with E-state index in [-0.39, 0.29) is 0 Å². The van der Waals surface area contributed by atoms with Crippen LogP contribution in [-0.2, 0) is 16.6 Å². The SMILES string of the molecule is COc1cc(C)c(S(=O)(=O)N2CCN(Cc3ccccc3C)CC2)c(C)c1. The molecule has 27 heavy (non-hydrogen) atoms. The van der Waals surface area contributed by atoms with Gasteiger partial charge in [0.2, 0.25) is 10.0 Å². The molecule has 6 heteroatoms. The number of hydrogen-bond donors (Lipinski definition) is 0. The maximum Gasteiger partial charge on any atom is 0.243 e. The number of methoxy groups -OCH3 is 1. The highest BCUT2D eigenvalue weighted by Crippen LogP contribution is 2.29. The molecule has 146 valence electrons. The maximum absolute atomic E-state index is 13.2. The zero-order valence-corrected chi connectivity index (χ0v) is 17.3. The van der Waals surface area contributed by atoms with Gasteiger partial charge in [0.05, 0.1) is 12.0 Å². The van der Waals surface area contributed by atoms with Gasteiger partial charge in [-0.1, -0.05) is 24.3 Å². The summed E-state index contributed by atoms with van der Waals surface area (Å²) in [6, 6.07) is 11.9.